The number of hydrogen-bond acceptors (Lipinski definition) is 5. The van der Waals surface area contributed by atoms with E-state index in [1.807, 2.05) is 0 Å². The van der Waals surface area contributed by atoms with Crippen LogP contribution in [0, 0.1) is 5.82 Å². The van der Waals surface area contributed by atoms with Crippen molar-refractivity contribution in [3.05, 3.63) is 72.8 Å². The smallest absolute Gasteiger partial charge is 0.259 e. The first kappa shape index (κ1) is 16.7. The number of fused-ring (bicyclic) bond motifs is 1. The topological polar surface area (TPSA) is 81.2 Å². The van der Waals surface area contributed by atoms with E-state index in [4.69, 9.17) is 8.94 Å². The molecule has 0 aliphatic heterocycles. The van der Waals surface area contributed by atoms with E-state index < -0.39 is 5.82 Å². The van der Waals surface area contributed by atoms with Crippen molar-refractivity contribution in [3.8, 4) is 22.7 Å². The normalized spacial score (nSPS) is 10.9. The molecule has 1 amide bonds. The Morgan fingerprint density at radius 2 is 2.11 bits per heavy atom. The van der Waals surface area contributed by atoms with Gasteiger partial charge >= 0.3 is 0 Å². The van der Waals surface area contributed by atoms with Crippen molar-refractivity contribution < 1.29 is 18.1 Å². The summed E-state index contributed by atoms with van der Waals surface area (Å²) in [5, 5.41) is 7.01. The third-order valence-electron chi connectivity index (χ3n) is 4.00. The predicted molar refractivity (Wildman–Crippen MR) is 97.4 cm³/mol. The molecule has 1 aromatic carbocycles. The first-order chi connectivity index (χ1) is 13.2. The standard InChI is InChI=1S/C20H14FN3O3/c1-2-9-22-19(25)13-11-15(16-8-5-10-26-16)23-20-17(13)18(24-27-20)12-6-3-4-7-14(12)21/h2-8,10-11H,1,9H2,(H,22,25). The van der Waals surface area contributed by atoms with Crippen LogP contribution in [0.25, 0.3) is 33.8 Å². The van der Waals surface area contributed by atoms with Gasteiger partial charge in [0.25, 0.3) is 11.6 Å². The summed E-state index contributed by atoms with van der Waals surface area (Å²) < 4.78 is 25.0. The molecule has 0 aliphatic rings. The molecule has 4 aromatic rings. The number of amides is 1. The summed E-state index contributed by atoms with van der Waals surface area (Å²) in [6, 6.07) is 11.1. The van der Waals surface area contributed by atoms with Crippen LogP contribution in [0.4, 0.5) is 4.39 Å². The second-order valence-electron chi connectivity index (χ2n) is 5.72. The van der Waals surface area contributed by atoms with Crippen molar-refractivity contribution in [2.75, 3.05) is 6.54 Å². The van der Waals surface area contributed by atoms with E-state index in [-0.39, 0.29) is 35.0 Å². The lowest BCUT2D eigenvalue weighted by Crippen LogP contribution is -2.23. The first-order valence-corrected chi connectivity index (χ1v) is 8.17. The van der Waals surface area contributed by atoms with Crippen molar-refractivity contribution in [2.45, 2.75) is 0 Å². The minimum absolute atomic E-state index is 0.117. The number of carbonyl (C=O) groups excluding carboxylic acids is 1. The third-order valence-corrected chi connectivity index (χ3v) is 4.00. The molecule has 6 nitrogen and oxygen atoms in total. The fraction of sp³-hybridized carbons (Fsp3) is 0.0500. The SMILES string of the molecule is C=CCNC(=O)c1cc(-c2ccco2)nc2onc(-c3ccccc3F)c12. The number of nitrogens with one attached hydrogen (secondary N) is 1. The molecule has 3 heterocycles. The van der Waals surface area contributed by atoms with Gasteiger partial charge in [-0.05, 0) is 30.3 Å². The number of halogens is 1. The number of aromatic nitrogens is 2. The van der Waals surface area contributed by atoms with E-state index in [0.717, 1.165) is 0 Å². The second-order valence-corrected chi connectivity index (χ2v) is 5.72. The molecule has 27 heavy (non-hydrogen) atoms. The number of carbonyl (C=O) groups is 1. The van der Waals surface area contributed by atoms with E-state index in [1.165, 1.54) is 12.3 Å². The number of furan rings is 1. The van der Waals surface area contributed by atoms with Gasteiger partial charge in [0.05, 0.1) is 17.2 Å². The molecule has 1 N–H and O–H groups in total. The quantitative estimate of drug-likeness (QED) is 0.537. The summed E-state index contributed by atoms with van der Waals surface area (Å²) in [7, 11) is 0. The van der Waals surface area contributed by atoms with Crippen molar-refractivity contribution in [3.63, 3.8) is 0 Å². The van der Waals surface area contributed by atoms with Gasteiger partial charge in [0.1, 0.15) is 17.2 Å². The van der Waals surface area contributed by atoms with Crippen molar-refractivity contribution in [1.82, 2.24) is 15.5 Å². The van der Waals surface area contributed by atoms with Gasteiger partial charge in [0.15, 0.2) is 5.76 Å². The zero-order chi connectivity index (χ0) is 18.8. The monoisotopic (exact) mass is 363 g/mol. The Morgan fingerprint density at radius 1 is 1.26 bits per heavy atom. The number of benzene rings is 1. The fourth-order valence-electron chi connectivity index (χ4n) is 2.78. The molecule has 0 fully saturated rings. The average molecular weight is 363 g/mol. The Labute approximate surface area is 153 Å². The van der Waals surface area contributed by atoms with Crippen molar-refractivity contribution in [2.24, 2.45) is 0 Å². The first-order valence-electron chi connectivity index (χ1n) is 8.17. The fourth-order valence-corrected chi connectivity index (χ4v) is 2.78. The Kier molecular flexibility index (Phi) is 4.25. The van der Waals surface area contributed by atoms with Gasteiger partial charge in [0.2, 0.25) is 0 Å². The number of rotatable bonds is 5. The Hall–Kier alpha value is -3.74. The van der Waals surface area contributed by atoms with Crippen LogP contribution in [0.15, 0.2) is 70.3 Å². The molecule has 3 aromatic heterocycles. The van der Waals surface area contributed by atoms with Crippen LogP contribution in [0.1, 0.15) is 10.4 Å². The van der Waals surface area contributed by atoms with Gasteiger partial charge in [-0.3, -0.25) is 4.79 Å². The van der Waals surface area contributed by atoms with E-state index in [2.05, 4.69) is 22.0 Å². The molecule has 134 valence electrons. The Morgan fingerprint density at radius 3 is 2.85 bits per heavy atom. The Balaban J connectivity index is 1.96. The molecule has 0 atom stereocenters. The van der Waals surface area contributed by atoms with Crippen LogP contribution in [0.3, 0.4) is 0 Å². The van der Waals surface area contributed by atoms with Gasteiger partial charge in [-0.15, -0.1) is 6.58 Å². The van der Waals surface area contributed by atoms with E-state index in [9.17, 15) is 9.18 Å². The maximum absolute atomic E-state index is 14.3. The van der Waals surface area contributed by atoms with Crippen molar-refractivity contribution >= 4 is 17.0 Å². The summed E-state index contributed by atoms with van der Waals surface area (Å²) in [5.74, 6) is -0.380. The van der Waals surface area contributed by atoms with E-state index in [0.29, 0.717) is 16.8 Å². The number of pyridine rings is 1. The highest BCUT2D eigenvalue weighted by atomic mass is 19.1. The van der Waals surface area contributed by atoms with Gasteiger partial charge in [0, 0.05) is 12.1 Å². The largest absolute Gasteiger partial charge is 0.463 e. The lowest BCUT2D eigenvalue weighted by atomic mass is 10.0. The van der Waals surface area contributed by atoms with Gasteiger partial charge in [-0.2, -0.15) is 0 Å². The van der Waals surface area contributed by atoms with Crippen LogP contribution in [0.5, 0.6) is 0 Å². The van der Waals surface area contributed by atoms with E-state index in [1.54, 1.807) is 42.5 Å². The molecule has 0 saturated carbocycles. The van der Waals surface area contributed by atoms with E-state index >= 15 is 0 Å². The molecule has 7 heteroatoms. The highest BCUT2D eigenvalue weighted by Crippen LogP contribution is 2.33. The summed E-state index contributed by atoms with van der Waals surface area (Å²) in [5.41, 5.74) is 1.22. The highest BCUT2D eigenvalue weighted by molar-refractivity contribution is 6.10. The lowest BCUT2D eigenvalue weighted by Gasteiger charge is -2.07. The zero-order valence-corrected chi connectivity index (χ0v) is 14.1. The maximum Gasteiger partial charge on any atom is 0.259 e. The molecule has 0 spiro atoms. The molecular weight excluding hydrogens is 349 g/mol. The molecule has 4 rings (SSSR count). The molecule has 0 radical (unpaired) electrons. The summed E-state index contributed by atoms with van der Waals surface area (Å²) in [6.07, 6.45) is 3.07. The second kappa shape index (κ2) is 6.87. The molecule has 0 aliphatic carbocycles. The molecule has 0 bridgehead atoms. The molecule has 0 unspecified atom stereocenters. The average Bonchev–Trinajstić information content (AvgIpc) is 3.35. The van der Waals surface area contributed by atoms with Crippen LogP contribution in [-0.4, -0.2) is 22.6 Å². The van der Waals surface area contributed by atoms with Crippen LogP contribution >= 0.6 is 0 Å². The van der Waals surface area contributed by atoms with Gasteiger partial charge < -0.3 is 14.3 Å². The van der Waals surface area contributed by atoms with Crippen LogP contribution in [0.2, 0.25) is 0 Å². The maximum atomic E-state index is 14.3. The van der Waals surface area contributed by atoms with Crippen molar-refractivity contribution in [1.29, 1.82) is 0 Å². The predicted octanol–water partition coefficient (Wildman–Crippen LogP) is 4.20. The number of hydrogen-bond donors (Lipinski definition) is 1. The lowest BCUT2D eigenvalue weighted by molar-refractivity contribution is 0.0959. The summed E-state index contributed by atoms with van der Waals surface area (Å²) in [4.78, 5) is 17.1. The van der Waals surface area contributed by atoms with Gasteiger partial charge in [-0.25, -0.2) is 9.37 Å². The number of nitrogens with zero attached hydrogens (tertiary/aromatic N) is 2. The van der Waals surface area contributed by atoms with Gasteiger partial charge in [-0.1, -0.05) is 23.4 Å². The third kappa shape index (κ3) is 2.99. The summed E-state index contributed by atoms with van der Waals surface area (Å²) in [6.45, 7) is 3.87. The Bertz CT molecular complexity index is 1130. The molecule has 0 saturated heterocycles. The zero-order valence-electron chi connectivity index (χ0n) is 14.1. The highest BCUT2D eigenvalue weighted by Gasteiger charge is 2.23. The summed E-state index contributed by atoms with van der Waals surface area (Å²) >= 11 is 0. The molecular formula is C20H14FN3O3. The minimum Gasteiger partial charge on any atom is -0.463 e. The minimum atomic E-state index is -0.472. The van der Waals surface area contributed by atoms with Crippen LogP contribution < -0.4 is 5.32 Å². The van der Waals surface area contributed by atoms with Crippen LogP contribution in [-0.2, 0) is 0 Å².